The van der Waals surface area contributed by atoms with Crippen molar-refractivity contribution in [2.24, 2.45) is 0 Å². The molecule has 2 saturated heterocycles. The average Bonchev–Trinajstić information content (AvgIpc) is 2.84. The number of aliphatic hydroxyl groups is 1. The van der Waals surface area contributed by atoms with Crippen LogP contribution in [0.4, 0.5) is 15.0 Å². The molecule has 1 N–H and O–H groups in total. The van der Waals surface area contributed by atoms with E-state index in [1.165, 1.54) is 0 Å². The van der Waals surface area contributed by atoms with Crippen LogP contribution in [0.15, 0.2) is 10.5 Å². The van der Waals surface area contributed by atoms with Crippen molar-refractivity contribution in [3.05, 3.63) is 26.7 Å². The molecule has 2 aromatic rings. The third-order valence-electron chi connectivity index (χ3n) is 5.23. The Balaban J connectivity index is 1.71. The van der Waals surface area contributed by atoms with Gasteiger partial charge >= 0.3 is 6.09 Å². The van der Waals surface area contributed by atoms with Crippen LogP contribution < -0.4 is 4.90 Å². The Bertz CT molecular complexity index is 1040. The molecule has 0 saturated carbocycles. The number of anilines is 1. The van der Waals surface area contributed by atoms with E-state index in [-0.39, 0.29) is 32.9 Å². The number of rotatable bonds is 1. The van der Waals surface area contributed by atoms with E-state index >= 15 is 0 Å². The molecular weight excluding hydrogens is 502 g/mol. The van der Waals surface area contributed by atoms with Crippen molar-refractivity contribution < 1.29 is 19.0 Å². The summed E-state index contributed by atoms with van der Waals surface area (Å²) in [6, 6.07) is 0.806. The number of fused-ring (bicyclic) bond motifs is 3. The summed E-state index contributed by atoms with van der Waals surface area (Å²) < 4.78 is 20.4. The molecular formula is C19H20BrCl2FN4O3. The molecule has 4 rings (SSSR count). The number of aromatic nitrogens is 2. The van der Waals surface area contributed by atoms with Crippen LogP contribution in [0.5, 0.6) is 0 Å². The first-order valence-electron chi connectivity index (χ1n) is 9.41. The maximum absolute atomic E-state index is 14.7. The van der Waals surface area contributed by atoms with E-state index in [4.69, 9.17) is 27.9 Å². The Morgan fingerprint density at radius 1 is 1.33 bits per heavy atom. The normalized spacial score (nSPS) is 23.9. The number of carbonyl (C=O) groups excluding carboxylic acids is 1. The first-order chi connectivity index (χ1) is 14.0. The van der Waals surface area contributed by atoms with Gasteiger partial charge in [0.05, 0.1) is 27.7 Å². The van der Waals surface area contributed by atoms with Gasteiger partial charge in [0.25, 0.3) is 0 Å². The van der Waals surface area contributed by atoms with E-state index in [0.29, 0.717) is 24.2 Å². The maximum atomic E-state index is 14.7. The summed E-state index contributed by atoms with van der Waals surface area (Å²) in [6.07, 6.45) is -0.750. The zero-order chi connectivity index (χ0) is 22.0. The molecule has 0 radical (unpaired) electrons. The maximum Gasteiger partial charge on any atom is 0.411 e. The Morgan fingerprint density at radius 3 is 2.67 bits per heavy atom. The Labute approximate surface area is 191 Å². The molecule has 0 aliphatic carbocycles. The van der Waals surface area contributed by atoms with Crippen molar-refractivity contribution in [2.75, 3.05) is 18.0 Å². The van der Waals surface area contributed by atoms with Gasteiger partial charge in [-0.05, 0) is 60.8 Å². The average molecular weight is 522 g/mol. The zero-order valence-electron chi connectivity index (χ0n) is 16.5. The molecule has 1 aromatic heterocycles. The largest absolute Gasteiger partial charge is 0.444 e. The molecule has 1 aromatic carbocycles. The van der Waals surface area contributed by atoms with E-state index in [9.17, 15) is 14.3 Å². The van der Waals surface area contributed by atoms with E-state index < -0.39 is 29.7 Å². The van der Waals surface area contributed by atoms with Crippen LogP contribution in [0, 0.1) is 5.82 Å². The smallest absolute Gasteiger partial charge is 0.411 e. The minimum atomic E-state index is -0.703. The van der Waals surface area contributed by atoms with Crippen molar-refractivity contribution in [1.29, 1.82) is 0 Å². The molecule has 30 heavy (non-hydrogen) atoms. The Morgan fingerprint density at radius 2 is 2.03 bits per heavy atom. The third-order valence-corrected chi connectivity index (χ3v) is 6.70. The van der Waals surface area contributed by atoms with Crippen molar-refractivity contribution >= 4 is 61.9 Å². The number of nitrogens with zero attached hydrogens (tertiary/aromatic N) is 4. The zero-order valence-corrected chi connectivity index (χ0v) is 19.6. The first-order valence-corrected chi connectivity index (χ1v) is 11.0. The number of aliphatic hydroxyl groups excluding tert-OH is 1. The molecule has 162 valence electrons. The summed E-state index contributed by atoms with van der Waals surface area (Å²) in [5.41, 5.74) is -0.597. The highest BCUT2D eigenvalue weighted by Gasteiger charge is 2.49. The van der Waals surface area contributed by atoms with Crippen LogP contribution in [0.1, 0.15) is 27.2 Å². The predicted octanol–water partition coefficient (Wildman–Crippen LogP) is 4.40. The second kappa shape index (κ2) is 7.62. The number of piperazine rings is 1. The van der Waals surface area contributed by atoms with Crippen molar-refractivity contribution in [3.8, 4) is 0 Å². The van der Waals surface area contributed by atoms with Gasteiger partial charge in [0, 0.05) is 18.5 Å². The summed E-state index contributed by atoms with van der Waals surface area (Å²) in [4.78, 5) is 24.5. The summed E-state index contributed by atoms with van der Waals surface area (Å²) in [6.45, 7) is 6.06. The van der Waals surface area contributed by atoms with Gasteiger partial charge in [0.2, 0.25) is 5.28 Å². The lowest BCUT2D eigenvalue weighted by atomic mass is 10.1. The number of halogens is 4. The van der Waals surface area contributed by atoms with Crippen molar-refractivity contribution in [2.45, 2.75) is 51.0 Å². The summed E-state index contributed by atoms with van der Waals surface area (Å²) in [5.74, 6) is -0.218. The van der Waals surface area contributed by atoms with Gasteiger partial charge in [-0.1, -0.05) is 11.6 Å². The van der Waals surface area contributed by atoms with Crippen LogP contribution in [-0.4, -0.2) is 62.9 Å². The van der Waals surface area contributed by atoms with Crippen molar-refractivity contribution in [3.63, 3.8) is 0 Å². The van der Waals surface area contributed by atoms with Crippen LogP contribution in [0.3, 0.4) is 0 Å². The monoisotopic (exact) mass is 520 g/mol. The van der Waals surface area contributed by atoms with Crippen LogP contribution in [0.25, 0.3) is 10.9 Å². The molecule has 1 amide bonds. The highest BCUT2D eigenvalue weighted by Crippen LogP contribution is 2.39. The predicted molar refractivity (Wildman–Crippen MR) is 116 cm³/mol. The van der Waals surface area contributed by atoms with Gasteiger partial charge < -0.3 is 14.7 Å². The number of carbonyl (C=O) groups is 1. The topological polar surface area (TPSA) is 78.8 Å². The van der Waals surface area contributed by atoms with Gasteiger partial charge in [-0.3, -0.25) is 4.90 Å². The van der Waals surface area contributed by atoms with Gasteiger partial charge in [0.1, 0.15) is 16.9 Å². The van der Waals surface area contributed by atoms with Crippen molar-refractivity contribution in [1.82, 2.24) is 14.9 Å². The number of benzene rings is 1. The molecule has 0 spiro atoms. The Kier molecular flexibility index (Phi) is 5.53. The molecule has 3 atom stereocenters. The second-order valence-corrected chi connectivity index (χ2v) is 10.1. The standard InChI is InChI=1S/C19H20BrCl2FN4O3/c1-19(2,3)30-18(29)27-8-4-12(28)11(27)7-26(6-8)16-9-5-10(21)13(20)14(23)15(9)24-17(22)25-16/h5,8,11-12,28H,4,6-7H2,1-3H3. The minimum Gasteiger partial charge on any atom is -0.444 e. The lowest BCUT2D eigenvalue weighted by Gasteiger charge is -2.42. The first kappa shape index (κ1) is 21.8. The summed E-state index contributed by atoms with van der Waals surface area (Å²) in [5, 5.41) is 11.0. The number of ether oxygens (including phenoxy) is 1. The molecule has 2 fully saturated rings. The van der Waals surface area contributed by atoms with E-state index in [1.807, 2.05) is 4.90 Å². The van der Waals surface area contributed by atoms with Gasteiger partial charge in [-0.25, -0.2) is 14.2 Å². The molecule has 2 bridgehead atoms. The highest BCUT2D eigenvalue weighted by atomic mass is 79.9. The number of hydrogen-bond acceptors (Lipinski definition) is 6. The number of amides is 1. The van der Waals surface area contributed by atoms with E-state index in [0.717, 1.165) is 0 Å². The van der Waals surface area contributed by atoms with E-state index in [1.54, 1.807) is 31.7 Å². The fourth-order valence-corrected chi connectivity index (χ4v) is 4.73. The van der Waals surface area contributed by atoms with Crippen LogP contribution in [0.2, 0.25) is 10.3 Å². The molecule has 3 unspecified atom stereocenters. The molecule has 2 aliphatic rings. The summed E-state index contributed by atoms with van der Waals surface area (Å²) in [7, 11) is 0. The SMILES string of the molecule is CC(C)(C)OC(=O)N1C2CC(O)C1CN(c1nc(Cl)nc3c(F)c(Br)c(Cl)cc13)C2. The van der Waals surface area contributed by atoms with Gasteiger partial charge in [-0.2, -0.15) is 4.98 Å². The van der Waals surface area contributed by atoms with Gasteiger partial charge in [-0.15, -0.1) is 0 Å². The lowest BCUT2D eigenvalue weighted by Crippen LogP contribution is -2.58. The quantitative estimate of drug-likeness (QED) is 0.442. The minimum absolute atomic E-state index is 0.0451. The van der Waals surface area contributed by atoms with Crippen LogP contribution >= 0.6 is 39.1 Å². The summed E-state index contributed by atoms with van der Waals surface area (Å²) >= 11 is 15.4. The fraction of sp³-hybridized carbons (Fsp3) is 0.526. The molecule has 3 heterocycles. The van der Waals surface area contributed by atoms with Crippen LogP contribution in [-0.2, 0) is 4.74 Å². The lowest BCUT2D eigenvalue weighted by molar-refractivity contribution is 0.00605. The molecule has 7 nitrogen and oxygen atoms in total. The molecule has 2 aliphatic heterocycles. The highest BCUT2D eigenvalue weighted by molar-refractivity contribution is 9.10. The molecule has 11 heteroatoms. The van der Waals surface area contributed by atoms with Gasteiger partial charge in [0.15, 0.2) is 5.82 Å². The van der Waals surface area contributed by atoms with E-state index in [2.05, 4.69) is 25.9 Å². The second-order valence-electron chi connectivity index (χ2n) is 8.52. The number of hydrogen-bond donors (Lipinski definition) is 1. The fourth-order valence-electron chi connectivity index (χ4n) is 4.08. The third kappa shape index (κ3) is 3.81. The Hall–Kier alpha value is -1.42.